The molecule has 3 rings (SSSR count). The van der Waals surface area contributed by atoms with E-state index < -0.39 is 0 Å². The highest BCUT2D eigenvalue weighted by Gasteiger charge is 2.26. The van der Waals surface area contributed by atoms with Crippen molar-refractivity contribution in [3.63, 3.8) is 0 Å². The fourth-order valence-electron chi connectivity index (χ4n) is 3.06. The molecule has 1 aromatic heterocycles. The van der Waals surface area contributed by atoms with Gasteiger partial charge in [-0.15, -0.1) is 0 Å². The minimum absolute atomic E-state index is 0.489. The Morgan fingerprint density at radius 3 is 2.81 bits per heavy atom. The highest BCUT2D eigenvalue weighted by atomic mass is 15.2. The van der Waals surface area contributed by atoms with Crippen molar-refractivity contribution in [1.82, 2.24) is 10.3 Å². The highest BCUT2D eigenvalue weighted by molar-refractivity contribution is 5.52. The highest BCUT2D eigenvalue weighted by Crippen LogP contribution is 2.23. The van der Waals surface area contributed by atoms with Crippen LogP contribution in [0.1, 0.15) is 18.1 Å². The Hall–Kier alpha value is -1.87. The molecule has 1 N–H and O–H groups in total. The quantitative estimate of drug-likeness (QED) is 0.937. The molecule has 1 aliphatic rings. The number of anilines is 1. The molecule has 1 aromatic carbocycles. The minimum atomic E-state index is 0.489. The van der Waals surface area contributed by atoms with Crippen molar-refractivity contribution >= 4 is 5.69 Å². The van der Waals surface area contributed by atoms with Crippen LogP contribution in [-0.4, -0.2) is 30.2 Å². The largest absolute Gasteiger partial charge is 0.365 e. The number of piperazine rings is 1. The average molecular weight is 281 g/mol. The monoisotopic (exact) mass is 281 g/mol. The van der Waals surface area contributed by atoms with E-state index in [9.17, 15) is 0 Å². The van der Waals surface area contributed by atoms with Crippen LogP contribution in [0, 0.1) is 6.92 Å². The zero-order valence-electron chi connectivity index (χ0n) is 12.8. The van der Waals surface area contributed by atoms with Gasteiger partial charge in [-0.25, -0.2) is 0 Å². The number of nitrogens with one attached hydrogen (secondary N) is 1. The molecule has 0 aliphatic carbocycles. The Kier molecular flexibility index (Phi) is 4.20. The summed E-state index contributed by atoms with van der Waals surface area (Å²) in [5.74, 6) is 0. The molecule has 3 heteroatoms. The standard InChI is InChI=1S/C18H23N3/c1-14-8-9-19-12-18(14)21-13-17(20-11-15(21)2)10-16-6-4-3-5-7-16/h3-9,12,15,17,20H,10-11,13H2,1-2H3. The molecule has 0 amide bonds. The molecular formula is C18H23N3. The van der Waals surface area contributed by atoms with Gasteiger partial charge in [-0.3, -0.25) is 4.98 Å². The van der Waals surface area contributed by atoms with Gasteiger partial charge in [-0.1, -0.05) is 30.3 Å². The number of benzene rings is 1. The van der Waals surface area contributed by atoms with Gasteiger partial charge in [0.1, 0.15) is 0 Å². The Morgan fingerprint density at radius 2 is 2.05 bits per heavy atom. The van der Waals surface area contributed by atoms with E-state index in [4.69, 9.17) is 0 Å². The molecule has 1 fully saturated rings. The Balaban J connectivity index is 1.74. The summed E-state index contributed by atoms with van der Waals surface area (Å²) in [5, 5.41) is 3.67. The van der Waals surface area contributed by atoms with E-state index in [1.165, 1.54) is 16.8 Å². The third kappa shape index (κ3) is 3.24. The fraction of sp³-hybridized carbons (Fsp3) is 0.389. The van der Waals surface area contributed by atoms with E-state index in [0.717, 1.165) is 19.5 Å². The molecule has 0 bridgehead atoms. The van der Waals surface area contributed by atoms with Crippen molar-refractivity contribution in [2.24, 2.45) is 0 Å². The summed E-state index contributed by atoms with van der Waals surface area (Å²) in [6.45, 7) is 6.49. The number of pyridine rings is 1. The lowest BCUT2D eigenvalue weighted by atomic mass is 10.0. The van der Waals surface area contributed by atoms with Crippen molar-refractivity contribution in [3.8, 4) is 0 Å². The van der Waals surface area contributed by atoms with E-state index in [0.29, 0.717) is 12.1 Å². The lowest BCUT2D eigenvalue weighted by molar-refractivity contribution is 0.402. The second kappa shape index (κ2) is 6.27. The summed E-state index contributed by atoms with van der Waals surface area (Å²) in [4.78, 5) is 6.79. The first-order valence-corrected chi connectivity index (χ1v) is 7.68. The zero-order valence-corrected chi connectivity index (χ0v) is 12.8. The van der Waals surface area contributed by atoms with Gasteiger partial charge in [0.05, 0.1) is 11.9 Å². The molecule has 3 nitrogen and oxygen atoms in total. The van der Waals surface area contributed by atoms with Gasteiger partial charge < -0.3 is 10.2 Å². The number of hydrogen-bond donors (Lipinski definition) is 1. The fourth-order valence-corrected chi connectivity index (χ4v) is 3.06. The summed E-state index contributed by atoms with van der Waals surface area (Å²) >= 11 is 0. The smallest absolute Gasteiger partial charge is 0.0585 e. The number of hydrogen-bond acceptors (Lipinski definition) is 3. The van der Waals surface area contributed by atoms with Crippen LogP contribution in [0.3, 0.4) is 0 Å². The molecule has 2 aromatic rings. The van der Waals surface area contributed by atoms with E-state index >= 15 is 0 Å². The van der Waals surface area contributed by atoms with Crippen LogP contribution >= 0.6 is 0 Å². The third-order valence-corrected chi connectivity index (χ3v) is 4.30. The van der Waals surface area contributed by atoms with Crippen LogP contribution in [0.4, 0.5) is 5.69 Å². The summed E-state index contributed by atoms with van der Waals surface area (Å²) in [6.07, 6.45) is 4.94. The molecule has 110 valence electrons. The van der Waals surface area contributed by atoms with Crippen LogP contribution < -0.4 is 10.2 Å². The van der Waals surface area contributed by atoms with Crippen LogP contribution in [-0.2, 0) is 6.42 Å². The first kappa shape index (κ1) is 14.1. The normalized spacial score (nSPS) is 22.3. The maximum atomic E-state index is 4.30. The topological polar surface area (TPSA) is 28.2 Å². The summed E-state index contributed by atoms with van der Waals surface area (Å²) < 4.78 is 0. The van der Waals surface area contributed by atoms with E-state index in [1.807, 2.05) is 12.4 Å². The van der Waals surface area contributed by atoms with Crippen molar-refractivity contribution in [3.05, 3.63) is 59.9 Å². The van der Waals surface area contributed by atoms with Crippen LogP contribution in [0.15, 0.2) is 48.8 Å². The van der Waals surface area contributed by atoms with E-state index in [1.54, 1.807) is 0 Å². The van der Waals surface area contributed by atoms with Gasteiger partial charge in [0.15, 0.2) is 0 Å². The molecule has 1 saturated heterocycles. The zero-order chi connectivity index (χ0) is 14.7. The van der Waals surface area contributed by atoms with Crippen molar-refractivity contribution < 1.29 is 0 Å². The predicted octanol–water partition coefficient (Wildman–Crippen LogP) is 2.80. The summed E-state index contributed by atoms with van der Waals surface area (Å²) in [6, 6.07) is 13.8. The lowest BCUT2D eigenvalue weighted by Crippen LogP contribution is -2.56. The summed E-state index contributed by atoms with van der Waals surface area (Å²) in [5.41, 5.74) is 3.97. The maximum absolute atomic E-state index is 4.30. The van der Waals surface area contributed by atoms with Crippen LogP contribution in [0.2, 0.25) is 0 Å². The molecule has 2 unspecified atom stereocenters. The first-order valence-electron chi connectivity index (χ1n) is 7.68. The maximum Gasteiger partial charge on any atom is 0.0585 e. The molecule has 0 spiro atoms. The molecule has 2 atom stereocenters. The molecular weight excluding hydrogens is 258 g/mol. The molecule has 21 heavy (non-hydrogen) atoms. The molecule has 0 saturated carbocycles. The van der Waals surface area contributed by atoms with Crippen molar-refractivity contribution in [2.75, 3.05) is 18.0 Å². The Morgan fingerprint density at radius 1 is 1.24 bits per heavy atom. The van der Waals surface area contributed by atoms with Crippen LogP contribution in [0.5, 0.6) is 0 Å². The van der Waals surface area contributed by atoms with Gasteiger partial charge in [-0.2, -0.15) is 0 Å². The molecule has 1 aliphatic heterocycles. The SMILES string of the molecule is Cc1ccncc1N1CC(Cc2ccccc2)NCC1C. The Bertz CT molecular complexity index is 582. The number of nitrogens with zero attached hydrogens (tertiary/aromatic N) is 2. The van der Waals surface area contributed by atoms with Gasteiger partial charge in [0.25, 0.3) is 0 Å². The van der Waals surface area contributed by atoms with E-state index in [2.05, 4.69) is 65.4 Å². The van der Waals surface area contributed by atoms with E-state index in [-0.39, 0.29) is 0 Å². The minimum Gasteiger partial charge on any atom is -0.365 e. The number of aromatic nitrogens is 1. The average Bonchev–Trinajstić information content (AvgIpc) is 2.51. The number of rotatable bonds is 3. The molecule has 2 heterocycles. The second-order valence-electron chi connectivity index (χ2n) is 5.96. The van der Waals surface area contributed by atoms with Gasteiger partial charge in [0.2, 0.25) is 0 Å². The number of aryl methyl sites for hydroxylation is 1. The molecule has 0 radical (unpaired) electrons. The van der Waals surface area contributed by atoms with Gasteiger partial charge in [-0.05, 0) is 37.5 Å². The van der Waals surface area contributed by atoms with Crippen LogP contribution in [0.25, 0.3) is 0 Å². The van der Waals surface area contributed by atoms with Crippen molar-refractivity contribution in [2.45, 2.75) is 32.4 Å². The van der Waals surface area contributed by atoms with Gasteiger partial charge in [0, 0.05) is 31.4 Å². The summed E-state index contributed by atoms with van der Waals surface area (Å²) in [7, 11) is 0. The third-order valence-electron chi connectivity index (χ3n) is 4.30. The van der Waals surface area contributed by atoms with Gasteiger partial charge >= 0.3 is 0 Å². The second-order valence-corrected chi connectivity index (χ2v) is 5.96. The lowest BCUT2D eigenvalue weighted by Gasteiger charge is -2.41. The van der Waals surface area contributed by atoms with Crippen molar-refractivity contribution in [1.29, 1.82) is 0 Å². The predicted molar refractivity (Wildman–Crippen MR) is 87.7 cm³/mol. The first-order chi connectivity index (χ1) is 10.2. The Labute approximate surface area is 127 Å².